The number of carbonyl (C=O) groups excluding carboxylic acids is 1. The van der Waals surface area contributed by atoms with Gasteiger partial charge in [0.2, 0.25) is 5.55 Å². The molecular weight excluding hydrogens is 365 g/mol. The number of ether oxygens (including phenoxy) is 1. The van der Waals surface area contributed by atoms with E-state index in [1.54, 1.807) is 18.2 Å². The highest BCUT2D eigenvalue weighted by Crippen LogP contribution is 2.38. The summed E-state index contributed by atoms with van der Waals surface area (Å²) < 4.78 is 50.5. The fourth-order valence-corrected chi connectivity index (χ4v) is 2.50. The molecule has 0 atom stereocenters. The van der Waals surface area contributed by atoms with Gasteiger partial charge in [0, 0.05) is 5.39 Å². The Kier molecular flexibility index (Phi) is 4.52. The lowest BCUT2D eigenvalue weighted by Crippen LogP contribution is -2.22. The van der Waals surface area contributed by atoms with Crippen molar-refractivity contribution in [3.8, 4) is 11.5 Å². The summed E-state index contributed by atoms with van der Waals surface area (Å²) in [6.07, 6.45) is -4.78. The fraction of sp³-hybridized carbons (Fsp3) is 0.111. The first-order valence-corrected chi connectivity index (χ1v) is 7.56. The molecule has 0 spiro atoms. The molecule has 0 aliphatic carbocycles. The number of halogens is 3. The molecule has 3 aromatic rings. The molecule has 0 aliphatic heterocycles. The minimum absolute atomic E-state index is 0.191. The highest BCUT2D eigenvalue weighted by Gasteiger charge is 2.34. The van der Waals surface area contributed by atoms with Gasteiger partial charge < -0.3 is 20.0 Å². The second-order valence-electron chi connectivity index (χ2n) is 5.52. The molecule has 0 fully saturated rings. The van der Waals surface area contributed by atoms with Crippen LogP contribution < -0.4 is 16.0 Å². The Labute approximate surface area is 150 Å². The fourth-order valence-electron chi connectivity index (χ4n) is 2.50. The van der Waals surface area contributed by atoms with Crippen LogP contribution in [0.5, 0.6) is 11.5 Å². The van der Waals surface area contributed by atoms with Gasteiger partial charge >= 0.3 is 6.18 Å². The van der Waals surface area contributed by atoms with Crippen LogP contribution in [0.15, 0.2) is 51.9 Å². The van der Waals surface area contributed by atoms with Gasteiger partial charge in [-0.25, -0.2) is 4.99 Å². The number of primary amides is 1. The Bertz CT molecular complexity index is 1100. The number of benzene rings is 2. The van der Waals surface area contributed by atoms with Crippen molar-refractivity contribution in [1.29, 1.82) is 0 Å². The summed E-state index contributed by atoms with van der Waals surface area (Å²) in [6.45, 7) is 0. The van der Waals surface area contributed by atoms with Gasteiger partial charge in [-0.3, -0.25) is 4.79 Å². The number of hydrogen-bond acceptors (Lipinski definition) is 5. The molecule has 1 aromatic heterocycles. The molecule has 27 heavy (non-hydrogen) atoms. The number of nitrogens with zero attached hydrogens (tertiary/aromatic N) is 1. The van der Waals surface area contributed by atoms with Crippen LogP contribution in [0.2, 0.25) is 0 Å². The first-order chi connectivity index (χ1) is 12.7. The Morgan fingerprint density at radius 1 is 1.22 bits per heavy atom. The molecule has 6 nitrogen and oxygen atoms in total. The predicted octanol–water partition coefficient (Wildman–Crippen LogP) is 3.50. The number of phenols is 1. The number of para-hydroxylation sites is 1. The summed E-state index contributed by atoms with van der Waals surface area (Å²) in [6, 6.07) is 8.76. The maximum absolute atomic E-state index is 13.2. The lowest BCUT2D eigenvalue weighted by Gasteiger charge is -2.10. The first-order valence-electron chi connectivity index (χ1n) is 7.56. The van der Waals surface area contributed by atoms with E-state index >= 15 is 0 Å². The standard InChI is InChI=1S/C18H13F3N2O4/c1-26-14-4-2-3-9-7-11(16(22)25)17(27-15(9)14)23-13-6-5-10(24)8-12(13)18(19,20)21/h2-8,24H,1H3,(H2,22,25). The van der Waals surface area contributed by atoms with Crippen molar-refractivity contribution in [3.05, 3.63) is 59.1 Å². The van der Waals surface area contributed by atoms with Crippen molar-refractivity contribution in [2.45, 2.75) is 6.18 Å². The summed E-state index contributed by atoms with van der Waals surface area (Å²) in [5, 5.41) is 9.83. The van der Waals surface area contributed by atoms with Crippen molar-refractivity contribution in [1.82, 2.24) is 0 Å². The van der Waals surface area contributed by atoms with Gasteiger partial charge in [0.25, 0.3) is 5.91 Å². The van der Waals surface area contributed by atoms with Gasteiger partial charge in [0.1, 0.15) is 11.3 Å². The van der Waals surface area contributed by atoms with Gasteiger partial charge in [-0.05, 0) is 30.3 Å². The summed E-state index contributed by atoms with van der Waals surface area (Å²) in [7, 11) is 1.39. The molecule has 3 N–H and O–H groups in total. The molecule has 0 radical (unpaired) electrons. The number of hydrogen-bond donors (Lipinski definition) is 2. The molecule has 3 rings (SSSR count). The van der Waals surface area contributed by atoms with Crippen molar-refractivity contribution in [2.24, 2.45) is 10.7 Å². The highest BCUT2D eigenvalue weighted by molar-refractivity contribution is 5.96. The summed E-state index contributed by atoms with van der Waals surface area (Å²) in [5.41, 5.74) is 3.18. The number of aromatic hydroxyl groups is 1. The molecule has 1 amide bonds. The zero-order valence-corrected chi connectivity index (χ0v) is 13.9. The second kappa shape index (κ2) is 6.67. The molecule has 0 saturated heterocycles. The van der Waals surface area contributed by atoms with E-state index in [1.807, 2.05) is 0 Å². The average Bonchev–Trinajstić information content (AvgIpc) is 2.61. The molecule has 9 heteroatoms. The average molecular weight is 378 g/mol. The van der Waals surface area contributed by atoms with Crippen LogP contribution in [0.1, 0.15) is 15.9 Å². The summed E-state index contributed by atoms with van der Waals surface area (Å²) in [5.74, 6) is -1.19. The molecule has 0 aliphatic rings. The molecular formula is C18H13F3N2O4. The molecule has 1 heterocycles. The van der Waals surface area contributed by atoms with Crippen LogP contribution >= 0.6 is 0 Å². The SMILES string of the molecule is COc1cccc2cc(C(N)=O)c(=Nc3ccc(O)cc3C(F)(F)F)oc12. The van der Waals surface area contributed by atoms with Crippen molar-refractivity contribution in [3.63, 3.8) is 0 Å². The van der Waals surface area contributed by atoms with Crippen LogP contribution in [-0.4, -0.2) is 18.1 Å². The number of phenolic OH excluding ortho intramolecular Hbond substituents is 1. The zero-order valence-electron chi connectivity index (χ0n) is 13.9. The van der Waals surface area contributed by atoms with E-state index in [9.17, 15) is 23.1 Å². The summed E-state index contributed by atoms with van der Waals surface area (Å²) in [4.78, 5) is 15.6. The topological polar surface area (TPSA) is 98.1 Å². The van der Waals surface area contributed by atoms with Crippen LogP contribution in [0.4, 0.5) is 18.9 Å². The number of alkyl halides is 3. The number of fused-ring (bicyclic) bond motifs is 1. The number of methoxy groups -OCH3 is 1. The number of amides is 1. The second-order valence-corrected chi connectivity index (χ2v) is 5.52. The van der Waals surface area contributed by atoms with Gasteiger partial charge in [0.05, 0.1) is 18.4 Å². The van der Waals surface area contributed by atoms with E-state index in [0.29, 0.717) is 17.2 Å². The molecule has 0 saturated carbocycles. The Morgan fingerprint density at radius 2 is 1.96 bits per heavy atom. The predicted molar refractivity (Wildman–Crippen MR) is 89.6 cm³/mol. The lowest BCUT2D eigenvalue weighted by molar-refractivity contribution is -0.137. The molecule has 0 bridgehead atoms. The molecule has 2 aromatic carbocycles. The largest absolute Gasteiger partial charge is 0.508 e. The van der Waals surface area contributed by atoms with Crippen LogP contribution in [0.25, 0.3) is 11.0 Å². The number of carbonyl (C=O) groups is 1. The third-order valence-corrected chi connectivity index (χ3v) is 3.73. The van der Waals surface area contributed by atoms with Crippen molar-refractivity contribution in [2.75, 3.05) is 7.11 Å². The van der Waals surface area contributed by atoms with Gasteiger partial charge in [0.15, 0.2) is 11.3 Å². The monoisotopic (exact) mass is 378 g/mol. The maximum Gasteiger partial charge on any atom is 0.418 e. The van der Waals surface area contributed by atoms with Crippen molar-refractivity contribution >= 4 is 22.6 Å². The Balaban J connectivity index is 2.37. The normalized spacial score (nSPS) is 12.4. The van der Waals surface area contributed by atoms with E-state index < -0.39 is 34.6 Å². The highest BCUT2D eigenvalue weighted by atomic mass is 19.4. The van der Waals surface area contributed by atoms with Crippen LogP contribution in [0.3, 0.4) is 0 Å². The van der Waals surface area contributed by atoms with E-state index in [2.05, 4.69) is 4.99 Å². The zero-order chi connectivity index (χ0) is 19.8. The van der Waals surface area contributed by atoms with Gasteiger partial charge in [-0.2, -0.15) is 13.2 Å². The Hall–Kier alpha value is -3.49. The van der Waals surface area contributed by atoms with E-state index in [1.165, 1.54) is 13.2 Å². The van der Waals surface area contributed by atoms with E-state index in [4.69, 9.17) is 14.9 Å². The van der Waals surface area contributed by atoms with E-state index in [0.717, 1.165) is 12.1 Å². The number of nitrogens with two attached hydrogens (primary N) is 1. The maximum atomic E-state index is 13.2. The third-order valence-electron chi connectivity index (χ3n) is 3.73. The Morgan fingerprint density at radius 3 is 2.59 bits per heavy atom. The van der Waals surface area contributed by atoms with Crippen LogP contribution in [0, 0.1) is 0 Å². The quantitative estimate of drug-likeness (QED) is 0.729. The minimum Gasteiger partial charge on any atom is -0.508 e. The molecule has 0 unspecified atom stereocenters. The number of rotatable bonds is 3. The van der Waals surface area contributed by atoms with Crippen LogP contribution in [-0.2, 0) is 6.18 Å². The smallest absolute Gasteiger partial charge is 0.418 e. The van der Waals surface area contributed by atoms with E-state index in [-0.39, 0.29) is 11.1 Å². The van der Waals surface area contributed by atoms with Gasteiger partial charge in [-0.1, -0.05) is 12.1 Å². The molecule has 140 valence electrons. The first kappa shape index (κ1) is 18.3. The van der Waals surface area contributed by atoms with Gasteiger partial charge in [-0.15, -0.1) is 0 Å². The van der Waals surface area contributed by atoms with Crippen molar-refractivity contribution < 1.29 is 32.2 Å². The third kappa shape index (κ3) is 3.57. The summed E-state index contributed by atoms with van der Waals surface area (Å²) >= 11 is 0. The lowest BCUT2D eigenvalue weighted by atomic mass is 10.1. The minimum atomic E-state index is -4.78.